The van der Waals surface area contributed by atoms with Crippen LogP contribution in [0.4, 0.5) is 5.95 Å². The molecule has 96 valence electrons. The number of rotatable bonds is 6. The first-order valence-corrected chi connectivity index (χ1v) is 6.52. The van der Waals surface area contributed by atoms with E-state index >= 15 is 0 Å². The number of hydrogen-bond donors (Lipinski definition) is 1. The van der Waals surface area contributed by atoms with E-state index < -0.39 is 0 Å². The van der Waals surface area contributed by atoms with Crippen molar-refractivity contribution in [3.63, 3.8) is 0 Å². The number of nitrogens with zero attached hydrogens (tertiary/aromatic N) is 5. The zero-order valence-electron chi connectivity index (χ0n) is 10.8. The van der Waals surface area contributed by atoms with Gasteiger partial charge in [-0.1, -0.05) is 18.4 Å². The van der Waals surface area contributed by atoms with Gasteiger partial charge in [-0.2, -0.15) is 0 Å². The van der Waals surface area contributed by atoms with Gasteiger partial charge < -0.3 is 10.2 Å². The van der Waals surface area contributed by atoms with Crippen LogP contribution in [0.1, 0.15) is 32.6 Å². The predicted molar refractivity (Wildman–Crippen MR) is 66.9 cm³/mol. The van der Waals surface area contributed by atoms with Gasteiger partial charge in [0.1, 0.15) is 0 Å². The molecule has 1 fully saturated rings. The van der Waals surface area contributed by atoms with Crippen molar-refractivity contribution in [3.05, 3.63) is 0 Å². The van der Waals surface area contributed by atoms with Crippen LogP contribution in [0.5, 0.6) is 0 Å². The summed E-state index contributed by atoms with van der Waals surface area (Å²) in [7, 11) is 1.90. The maximum atomic E-state index is 4.11. The van der Waals surface area contributed by atoms with Crippen molar-refractivity contribution >= 4 is 5.95 Å². The molecule has 2 heterocycles. The molecular formula is C11H22N6. The lowest BCUT2D eigenvalue weighted by molar-refractivity contribution is 0.556. The van der Waals surface area contributed by atoms with Crippen LogP contribution in [0.2, 0.25) is 0 Å². The van der Waals surface area contributed by atoms with Crippen LogP contribution in [0.15, 0.2) is 0 Å². The Morgan fingerprint density at radius 1 is 1.53 bits per heavy atom. The molecule has 0 saturated carbocycles. The van der Waals surface area contributed by atoms with E-state index in [1.165, 1.54) is 25.7 Å². The monoisotopic (exact) mass is 238 g/mol. The van der Waals surface area contributed by atoms with Crippen molar-refractivity contribution in [1.82, 2.24) is 25.5 Å². The largest absolute Gasteiger partial charge is 0.338 e. The molecule has 1 unspecified atom stereocenters. The molecule has 1 aromatic heterocycles. The lowest BCUT2D eigenvalue weighted by Gasteiger charge is -2.25. The molecule has 0 spiro atoms. The smallest absolute Gasteiger partial charge is 0.245 e. The maximum absolute atomic E-state index is 4.11. The van der Waals surface area contributed by atoms with E-state index in [1.54, 1.807) is 4.68 Å². The van der Waals surface area contributed by atoms with Crippen molar-refractivity contribution in [2.45, 2.75) is 38.6 Å². The highest BCUT2D eigenvalue weighted by atomic mass is 15.6. The summed E-state index contributed by atoms with van der Waals surface area (Å²) in [5, 5.41) is 15.3. The summed E-state index contributed by atoms with van der Waals surface area (Å²) in [6.07, 6.45) is 4.91. The Bertz CT molecular complexity index is 330. The third-order valence-electron chi connectivity index (χ3n) is 3.27. The molecule has 1 aliphatic heterocycles. The predicted octanol–water partition coefficient (Wildman–Crippen LogP) is 0.569. The lowest BCUT2D eigenvalue weighted by Crippen LogP contribution is -2.39. The van der Waals surface area contributed by atoms with Gasteiger partial charge in [-0.3, -0.25) is 0 Å². The van der Waals surface area contributed by atoms with E-state index in [9.17, 15) is 0 Å². The molecule has 1 atom stereocenters. The topological polar surface area (TPSA) is 58.9 Å². The van der Waals surface area contributed by atoms with Crippen LogP contribution < -0.4 is 10.2 Å². The second-order valence-electron chi connectivity index (χ2n) is 4.70. The molecule has 2 rings (SSSR count). The first kappa shape index (κ1) is 12.3. The molecule has 0 radical (unpaired) electrons. The Morgan fingerprint density at radius 2 is 2.41 bits per heavy atom. The summed E-state index contributed by atoms with van der Waals surface area (Å²) >= 11 is 0. The minimum absolute atomic E-state index is 0.587. The van der Waals surface area contributed by atoms with Gasteiger partial charge >= 0.3 is 0 Å². The number of aromatic nitrogens is 4. The molecule has 6 heteroatoms. The Morgan fingerprint density at radius 3 is 3.00 bits per heavy atom. The summed E-state index contributed by atoms with van der Waals surface area (Å²) in [6, 6.07) is 0.587. The van der Waals surface area contributed by atoms with Gasteiger partial charge in [0.25, 0.3) is 0 Å². The molecule has 1 saturated heterocycles. The number of unbranched alkanes of at least 4 members (excludes halogenated alkanes) is 1. The van der Waals surface area contributed by atoms with E-state index in [4.69, 9.17) is 0 Å². The summed E-state index contributed by atoms with van der Waals surface area (Å²) < 4.78 is 1.75. The highest BCUT2D eigenvalue weighted by molar-refractivity contribution is 5.28. The first-order chi connectivity index (χ1) is 8.31. The molecule has 1 aliphatic rings. The summed E-state index contributed by atoms with van der Waals surface area (Å²) in [4.78, 5) is 2.30. The van der Waals surface area contributed by atoms with Crippen molar-refractivity contribution < 1.29 is 0 Å². The second kappa shape index (κ2) is 5.95. The van der Waals surface area contributed by atoms with Gasteiger partial charge in [-0.05, 0) is 36.2 Å². The zero-order chi connectivity index (χ0) is 12.1. The fraction of sp³-hybridized carbons (Fsp3) is 0.909. The molecule has 0 aliphatic carbocycles. The van der Waals surface area contributed by atoms with Crippen LogP contribution in [0.25, 0.3) is 0 Å². The fourth-order valence-electron chi connectivity index (χ4n) is 2.29. The van der Waals surface area contributed by atoms with Gasteiger partial charge in [0.15, 0.2) is 0 Å². The van der Waals surface area contributed by atoms with E-state index in [0.29, 0.717) is 6.04 Å². The Hall–Kier alpha value is -1.17. The number of tetrazole rings is 1. The normalized spacial score (nSPS) is 19.8. The average Bonchev–Trinajstić information content (AvgIpc) is 2.95. The van der Waals surface area contributed by atoms with Crippen molar-refractivity contribution in [2.24, 2.45) is 7.05 Å². The van der Waals surface area contributed by atoms with Gasteiger partial charge in [-0.15, -0.1) is 0 Å². The SMILES string of the molecule is CCCCN(CC1CCCN1)c1nnnn1C. The van der Waals surface area contributed by atoms with Crippen molar-refractivity contribution in [1.29, 1.82) is 0 Å². The first-order valence-electron chi connectivity index (χ1n) is 6.52. The molecule has 0 amide bonds. The molecule has 0 aromatic carbocycles. The molecule has 6 nitrogen and oxygen atoms in total. The van der Waals surface area contributed by atoms with Crippen LogP contribution in [0.3, 0.4) is 0 Å². The Labute approximate surface area is 102 Å². The minimum atomic E-state index is 0.587. The standard InChI is InChI=1S/C11H22N6/c1-3-4-8-17(9-10-6-5-7-12-10)11-13-14-15-16(11)2/h10,12H,3-9H2,1-2H3. The van der Waals surface area contributed by atoms with E-state index in [-0.39, 0.29) is 0 Å². The Kier molecular flexibility index (Phi) is 4.30. The van der Waals surface area contributed by atoms with Gasteiger partial charge in [0.2, 0.25) is 5.95 Å². The maximum Gasteiger partial charge on any atom is 0.245 e. The van der Waals surface area contributed by atoms with Crippen molar-refractivity contribution in [2.75, 3.05) is 24.5 Å². The number of anilines is 1. The van der Waals surface area contributed by atoms with Crippen LogP contribution >= 0.6 is 0 Å². The number of hydrogen-bond acceptors (Lipinski definition) is 5. The van der Waals surface area contributed by atoms with Gasteiger partial charge in [0.05, 0.1) is 0 Å². The van der Waals surface area contributed by atoms with Crippen LogP contribution in [0, 0.1) is 0 Å². The summed E-state index contributed by atoms with van der Waals surface area (Å²) in [6.45, 7) is 5.39. The summed E-state index contributed by atoms with van der Waals surface area (Å²) in [5.74, 6) is 0.882. The fourth-order valence-corrected chi connectivity index (χ4v) is 2.29. The van der Waals surface area contributed by atoms with Crippen molar-refractivity contribution in [3.8, 4) is 0 Å². The number of aryl methyl sites for hydroxylation is 1. The minimum Gasteiger partial charge on any atom is -0.338 e. The lowest BCUT2D eigenvalue weighted by atomic mass is 10.2. The van der Waals surface area contributed by atoms with E-state index in [2.05, 4.69) is 32.7 Å². The molecule has 0 bridgehead atoms. The number of nitrogens with one attached hydrogen (secondary N) is 1. The van der Waals surface area contributed by atoms with E-state index in [1.807, 2.05) is 7.05 Å². The quantitative estimate of drug-likeness (QED) is 0.785. The van der Waals surface area contributed by atoms with Crippen LogP contribution in [-0.2, 0) is 7.05 Å². The van der Waals surface area contributed by atoms with Gasteiger partial charge in [0, 0.05) is 26.2 Å². The van der Waals surface area contributed by atoms with Gasteiger partial charge in [-0.25, -0.2) is 4.68 Å². The third-order valence-corrected chi connectivity index (χ3v) is 3.27. The second-order valence-corrected chi connectivity index (χ2v) is 4.70. The van der Waals surface area contributed by atoms with E-state index in [0.717, 1.165) is 25.6 Å². The molecule has 1 N–H and O–H groups in total. The molecule has 1 aromatic rings. The average molecular weight is 238 g/mol. The highest BCUT2D eigenvalue weighted by Gasteiger charge is 2.20. The highest BCUT2D eigenvalue weighted by Crippen LogP contribution is 2.13. The third kappa shape index (κ3) is 3.15. The van der Waals surface area contributed by atoms with Crippen LogP contribution in [-0.4, -0.2) is 45.9 Å². The molecular weight excluding hydrogens is 216 g/mol. The molecule has 17 heavy (non-hydrogen) atoms. The zero-order valence-corrected chi connectivity index (χ0v) is 10.8. The summed E-state index contributed by atoms with van der Waals surface area (Å²) in [5.41, 5.74) is 0. The Balaban J connectivity index is 1.99.